The summed E-state index contributed by atoms with van der Waals surface area (Å²) in [6.45, 7) is 4.04. The fraction of sp³-hybridized carbons (Fsp3) is 0.115. The van der Waals surface area contributed by atoms with Gasteiger partial charge in [0.1, 0.15) is 5.69 Å². The van der Waals surface area contributed by atoms with Crippen LogP contribution in [-0.2, 0) is 16.1 Å². The van der Waals surface area contributed by atoms with Crippen LogP contribution in [-0.4, -0.2) is 22.4 Å². The fourth-order valence-corrected chi connectivity index (χ4v) is 4.02. The molecule has 0 saturated carbocycles. The Labute approximate surface area is 215 Å². The van der Waals surface area contributed by atoms with Crippen LogP contribution in [0.25, 0.3) is 10.9 Å². The second kappa shape index (κ2) is 10.3. The van der Waals surface area contributed by atoms with Crippen molar-refractivity contribution in [1.82, 2.24) is 9.99 Å². The summed E-state index contributed by atoms with van der Waals surface area (Å²) in [5, 5.41) is 6.61. The van der Waals surface area contributed by atoms with E-state index in [-0.39, 0.29) is 12.2 Å². The summed E-state index contributed by atoms with van der Waals surface area (Å²) >= 11 is 9.60. The molecule has 1 heterocycles. The van der Waals surface area contributed by atoms with Crippen molar-refractivity contribution in [1.29, 1.82) is 0 Å². The van der Waals surface area contributed by atoms with Gasteiger partial charge in [0.25, 0.3) is 5.91 Å². The molecule has 0 unspecified atom stereocenters. The van der Waals surface area contributed by atoms with Crippen molar-refractivity contribution >= 4 is 61.8 Å². The van der Waals surface area contributed by atoms with Crippen LogP contribution in [0.3, 0.4) is 0 Å². The lowest BCUT2D eigenvalue weighted by atomic mass is 10.1. The van der Waals surface area contributed by atoms with Gasteiger partial charge >= 0.3 is 11.8 Å². The van der Waals surface area contributed by atoms with Crippen molar-refractivity contribution in [2.75, 3.05) is 10.7 Å². The third kappa shape index (κ3) is 5.72. The predicted molar refractivity (Wildman–Crippen MR) is 141 cm³/mol. The Balaban J connectivity index is 1.56. The molecular weight excluding hydrogens is 532 g/mol. The molecule has 3 N–H and O–H groups in total. The molecular formula is C26H22BrClN4O3. The number of amides is 3. The number of anilines is 1. The summed E-state index contributed by atoms with van der Waals surface area (Å²) < 4.78 is 2.11. The quantitative estimate of drug-likeness (QED) is 0.292. The van der Waals surface area contributed by atoms with Crippen LogP contribution in [0.2, 0.25) is 5.02 Å². The van der Waals surface area contributed by atoms with Crippen molar-refractivity contribution in [2.24, 2.45) is 0 Å². The number of fused-ring (bicyclic) bond motifs is 1. The maximum atomic E-state index is 13.1. The summed E-state index contributed by atoms with van der Waals surface area (Å²) in [7, 11) is 0. The SMILES string of the molecule is Cc1ccc(CNC(=O)C(=O)Nn2c(C(=O)Nc3ccc(C)c(Cl)c3)cc3cc(Br)ccc32)cc1. The number of halogens is 2. The van der Waals surface area contributed by atoms with E-state index < -0.39 is 17.7 Å². The predicted octanol–water partition coefficient (Wildman–Crippen LogP) is 5.31. The molecule has 9 heteroatoms. The maximum Gasteiger partial charge on any atom is 0.328 e. The van der Waals surface area contributed by atoms with Crippen molar-refractivity contribution in [3.8, 4) is 0 Å². The van der Waals surface area contributed by atoms with Gasteiger partial charge in [-0.1, -0.05) is 63.4 Å². The number of hydrogen-bond donors (Lipinski definition) is 3. The van der Waals surface area contributed by atoms with Crippen molar-refractivity contribution < 1.29 is 14.4 Å². The lowest BCUT2D eigenvalue weighted by Crippen LogP contribution is -2.39. The summed E-state index contributed by atoms with van der Waals surface area (Å²) in [6, 6.07) is 19.8. The molecule has 178 valence electrons. The van der Waals surface area contributed by atoms with Gasteiger partial charge in [0.05, 0.1) is 5.52 Å². The van der Waals surface area contributed by atoms with E-state index in [0.29, 0.717) is 21.6 Å². The average Bonchev–Trinajstić information content (AvgIpc) is 3.18. The van der Waals surface area contributed by atoms with E-state index in [2.05, 4.69) is 32.0 Å². The van der Waals surface area contributed by atoms with E-state index in [0.717, 1.165) is 21.2 Å². The molecule has 0 bridgehead atoms. The van der Waals surface area contributed by atoms with Crippen molar-refractivity contribution in [3.63, 3.8) is 0 Å². The number of nitrogens with zero attached hydrogens (tertiary/aromatic N) is 1. The molecule has 0 aliphatic carbocycles. The Hall–Kier alpha value is -3.62. The average molecular weight is 554 g/mol. The van der Waals surface area contributed by atoms with Crippen LogP contribution < -0.4 is 16.1 Å². The van der Waals surface area contributed by atoms with Crippen LogP contribution in [0.5, 0.6) is 0 Å². The van der Waals surface area contributed by atoms with Gasteiger partial charge < -0.3 is 10.6 Å². The molecule has 4 rings (SSSR count). The lowest BCUT2D eigenvalue weighted by Gasteiger charge is -2.13. The molecule has 35 heavy (non-hydrogen) atoms. The Morgan fingerprint density at radius 2 is 1.66 bits per heavy atom. The normalized spacial score (nSPS) is 10.7. The van der Waals surface area contributed by atoms with Gasteiger partial charge in [0.2, 0.25) is 0 Å². The topological polar surface area (TPSA) is 92.2 Å². The van der Waals surface area contributed by atoms with Gasteiger partial charge in [-0.3, -0.25) is 19.8 Å². The summed E-state index contributed by atoms with van der Waals surface area (Å²) in [5.41, 5.74) is 6.60. The Kier molecular flexibility index (Phi) is 7.23. The van der Waals surface area contributed by atoms with Crippen LogP contribution in [0.4, 0.5) is 5.69 Å². The molecule has 3 aromatic carbocycles. The molecule has 0 aliphatic heterocycles. The lowest BCUT2D eigenvalue weighted by molar-refractivity contribution is -0.136. The van der Waals surface area contributed by atoms with Gasteiger partial charge in [-0.2, -0.15) is 0 Å². The second-order valence-electron chi connectivity index (χ2n) is 8.10. The van der Waals surface area contributed by atoms with E-state index in [1.54, 1.807) is 36.4 Å². The minimum absolute atomic E-state index is 0.148. The highest BCUT2D eigenvalue weighted by atomic mass is 79.9. The molecule has 0 fully saturated rings. The number of nitrogens with one attached hydrogen (secondary N) is 3. The molecule has 0 radical (unpaired) electrons. The van der Waals surface area contributed by atoms with E-state index in [4.69, 9.17) is 11.6 Å². The molecule has 3 amide bonds. The number of rotatable bonds is 5. The van der Waals surface area contributed by atoms with E-state index in [1.165, 1.54) is 4.68 Å². The number of aryl methyl sites for hydroxylation is 2. The van der Waals surface area contributed by atoms with E-state index in [9.17, 15) is 14.4 Å². The highest BCUT2D eigenvalue weighted by molar-refractivity contribution is 9.10. The molecule has 0 spiro atoms. The number of carbonyl (C=O) groups excluding carboxylic acids is 3. The standard InChI is InChI=1S/C26H22BrClN4O3/c1-15-3-6-17(7-4-15)14-29-25(34)26(35)31-32-22-10-8-19(27)11-18(22)12-23(32)24(33)30-20-9-5-16(2)21(28)13-20/h3-13H,14H2,1-2H3,(H,29,34)(H,30,33)(H,31,35). The van der Waals surface area contributed by atoms with Gasteiger partial charge in [-0.15, -0.1) is 0 Å². The first-order chi connectivity index (χ1) is 16.7. The Bertz CT molecular complexity index is 1450. The van der Waals surface area contributed by atoms with Crippen LogP contribution in [0.15, 0.2) is 71.2 Å². The number of aromatic nitrogens is 1. The minimum atomic E-state index is -0.898. The first-order valence-corrected chi connectivity index (χ1v) is 11.9. The zero-order valence-electron chi connectivity index (χ0n) is 19.0. The zero-order valence-corrected chi connectivity index (χ0v) is 21.3. The third-order valence-corrected chi connectivity index (χ3v) is 6.32. The van der Waals surface area contributed by atoms with Gasteiger partial charge in [-0.25, -0.2) is 4.68 Å². The number of hydrogen-bond acceptors (Lipinski definition) is 3. The van der Waals surface area contributed by atoms with Crippen LogP contribution >= 0.6 is 27.5 Å². The summed E-state index contributed by atoms with van der Waals surface area (Å²) in [5.74, 6) is -2.19. The Morgan fingerprint density at radius 1 is 0.914 bits per heavy atom. The first kappa shape index (κ1) is 24.5. The Morgan fingerprint density at radius 3 is 2.37 bits per heavy atom. The smallest absolute Gasteiger partial charge is 0.328 e. The summed E-state index contributed by atoms with van der Waals surface area (Å²) in [6.07, 6.45) is 0. The third-order valence-electron chi connectivity index (χ3n) is 5.42. The van der Waals surface area contributed by atoms with E-state index in [1.807, 2.05) is 44.2 Å². The molecule has 4 aromatic rings. The highest BCUT2D eigenvalue weighted by Gasteiger charge is 2.21. The largest absolute Gasteiger partial charge is 0.344 e. The monoisotopic (exact) mass is 552 g/mol. The van der Waals surface area contributed by atoms with Gasteiger partial charge in [0, 0.05) is 27.1 Å². The fourth-order valence-electron chi connectivity index (χ4n) is 3.46. The van der Waals surface area contributed by atoms with Crippen molar-refractivity contribution in [3.05, 3.63) is 98.6 Å². The second-order valence-corrected chi connectivity index (χ2v) is 9.42. The summed E-state index contributed by atoms with van der Waals surface area (Å²) in [4.78, 5) is 38.3. The molecule has 0 atom stereocenters. The highest BCUT2D eigenvalue weighted by Crippen LogP contribution is 2.25. The molecule has 0 saturated heterocycles. The van der Waals surface area contributed by atoms with Crippen LogP contribution in [0, 0.1) is 13.8 Å². The van der Waals surface area contributed by atoms with Crippen LogP contribution in [0.1, 0.15) is 27.2 Å². The number of carbonyl (C=O) groups is 3. The zero-order chi connectivity index (χ0) is 25.1. The molecule has 1 aromatic heterocycles. The first-order valence-electron chi connectivity index (χ1n) is 10.7. The van der Waals surface area contributed by atoms with Gasteiger partial charge in [0.15, 0.2) is 0 Å². The van der Waals surface area contributed by atoms with E-state index >= 15 is 0 Å². The minimum Gasteiger partial charge on any atom is -0.344 e. The maximum absolute atomic E-state index is 13.1. The van der Waals surface area contributed by atoms with Crippen molar-refractivity contribution in [2.45, 2.75) is 20.4 Å². The molecule has 7 nitrogen and oxygen atoms in total. The van der Waals surface area contributed by atoms with Gasteiger partial charge in [-0.05, 0) is 61.4 Å². The molecule has 0 aliphatic rings. The number of benzene rings is 3.